The predicted octanol–water partition coefficient (Wildman–Crippen LogP) is 2.29. The maximum absolute atomic E-state index is 13.8. The average Bonchev–Trinajstić information content (AvgIpc) is 2.83. The highest BCUT2D eigenvalue weighted by atomic mass is 19.1. The Kier molecular flexibility index (Phi) is 3.87. The van der Waals surface area contributed by atoms with Gasteiger partial charge in [-0.2, -0.15) is 0 Å². The summed E-state index contributed by atoms with van der Waals surface area (Å²) in [5.74, 6) is -3.98. The number of hydrogen-bond donors (Lipinski definition) is 0. The van der Waals surface area contributed by atoms with Crippen LogP contribution in [-0.4, -0.2) is 35.8 Å². The van der Waals surface area contributed by atoms with Crippen molar-refractivity contribution < 1.29 is 27.9 Å². The van der Waals surface area contributed by atoms with Crippen molar-refractivity contribution in [3.05, 3.63) is 34.9 Å². The minimum absolute atomic E-state index is 0.264. The number of carbonyl (C=O) groups is 3. The summed E-state index contributed by atoms with van der Waals surface area (Å²) >= 11 is 0. The molecule has 5 nitrogen and oxygen atoms in total. The molecular formula is C16H15F2NO4. The number of benzene rings is 1. The van der Waals surface area contributed by atoms with Crippen molar-refractivity contribution in [2.75, 3.05) is 7.11 Å². The number of carbonyl (C=O) groups excluding carboxylic acids is 3. The number of halogens is 2. The van der Waals surface area contributed by atoms with Crippen molar-refractivity contribution in [1.82, 2.24) is 4.90 Å². The van der Waals surface area contributed by atoms with Crippen LogP contribution in [0.2, 0.25) is 0 Å². The fourth-order valence-corrected chi connectivity index (χ4v) is 3.37. The van der Waals surface area contributed by atoms with Gasteiger partial charge in [0.05, 0.1) is 24.2 Å². The molecule has 7 heteroatoms. The van der Waals surface area contributed by atoms with Crippen LogP contribution in [0.3, 0.4) is 0 Å². The van der Waals surface area contributed by atoms with Crippen molar-refractivity contribution in [3.63, 3.8) is 0 Å². The summed E-state index contributed by atoms with van der Waals surface area (Å²) in [5.41, 5.74) is -0.991. The van der Waals surface area contributed by atoms with Crippen molar-refractivity contribution in [1.29, 1.82) is 0 Å². The molecule has 0 saturated heterocycles. The average molecular weight is 323 g/mol. The summed E-state index contributed by atoms with van der Waals surface area (Å²) in [6.07, 6.45) is 1.76. The van der Waals surface area contributed by atoms with Crippen LogP contribution in [0.5, 0.6) is 0 Å². The van der Waals surface area contributed by atoms with Crippen LogP contribution in [0.25, 0.3) is 0 Å². The predicted molar refractivity (Wildman–Crippen MR) is 74.6 cm³/mol. The summed E-state index contributed by atoms with van der Waals surface area (Å²) in [6.45, 7) is 0. The van der Waals surface area contributed by atoms with Gasteiger partial charge in [0.15, 0.2) is 0 Å². The van der Waals surface area contributed by atoms with E-state index in [9.17, 15) is 23.2 Å². The molecule has 23 heavy (non-hydrogen) atoms. The molecule has 1 fully saturated rings. The van der Waals surface area contributed by atoms with E-state index >= 15 is 0 Å². The van der Waals surface area contributed by atoms with Gasteiger partial charge in [0.2, 0.25) is 0 Å². The van der Waals surface area contributed by atoms with E-state index in [1.54, 1.807) is 0 Å². The molecule has 0 N–H and O–H groups in total. The maximum atomic E-state index is 13.8. The Hall–Kier alpha value is -2.31. The topological polar surface area (TPSA) is 63.7 Å². The van der Waals surface area contributed by atoms with Crippen molar-refractivity contribution in [3.8, 4) is 0 Å². The summed E-state index contributed by atoms with van der Waals surface area (Å²) in [7, 11) is 1.31. The lowest BCUT2D eigenvalue weighted by atomic mass is 9.85. The second-order valence-electron chi connectivity index (χ2n) is 5.79. The molecule has 0 spiro atoms. The van der Waals surface area contributed by atoms with E-state index in [0.717, 1.165) is 17.0 Å². The molecule has 0 radical (unpaired) electrons. The Morgan fingerprint density at radius 3 is 1.96 bits per heavy atom. The van der Waals surface area contributed by atoms with Crippen LogP contribution < -0.4 is 0 Å². The Labute approximate surface area is 131 Å². The number of methoxy groups -OCH3 is 1. The molecule has 1 aliphatic heterocycles. The molecule has 1 aromatic rings. The van der Waals surface area contributed by atoms with E-state index in [4.69, 9.17) is 0 Å². The first-order chi connectivity index (χ1) is 11.0. The second-order valence-corrected chi connectivity index (χ2v) is 5.79. The number of rotatable bonds is 2. The van der Waals surface area contributed by atoms with Gasteiger partial charge >= 0.3 is 5.97 Å². The SMILES string of the molecule is COC(=O)C1CCC(N2C(=O)c3c(F)ccc(F)c3C2=O)CC1. The molecule has 0 bridgehead atoms. The standard InChI is InChI=1S/C16H15F2NO4/c1-23-16(22)8-2-4-9(5-3-8)19-14(20)12-10(17)6-7-11(18)13(12)15(19)21/h6-9H,2-5H2,1H3. The third kappa shape index (κ3) is 2.40. The first-order valence-electron chi connectivity index (χ1n) is 7.39. The van der Waals surface area contributed by atoms with Crippen LogP contribution in [0, 0.1) is 17.6 Å². The highest BCUT2D eigenvalue weighted by Crippen LogP contribution is 2.35. The lowest BCUT2D eigenvalue weighted by Gasteiger charge is -2.32. The Balaban J connectivity index is 1.83. The number of esters is 1. The number of imide groups is 1. The van der Waals surface area contributed by atoms with Gasteiger partial charge in [0.25, 0.3) is 11.8 Å². The summed E-state index contributed by atoms with van der Waals surface area (Å²) < 4.78 is 32.3. The van der Waals surface area contributed by atoms with Crippen molar-refractivity contribution in [2.24, 2.45) is 5.92 Å². The van der Waals surface area contributed by atoms with Crippen LogP contribution in [-0.2, 0) is 9.53 Å². The van der Waals surface area contributed by atoms with Gasteiger partial charge in [-0.25, -0.2) is 8.78 Å². The molecule has 0 unspecified atom stereocenters. The second kappa shape index (κ2) is 5.72. The minimum atomic E-state index is -0.898. The number of hydrogen-bond acceptors (Lipinski definition) is 4. The van der Waals surface area contributed by atoms with Crippen LogP contribution in [0.1, 0.15) is 46.4 Å². The molecule has 2 aliphatic rings. The molecule has 1 aliphatic carbocycles. The van der Waals surface area contributed by atoms with Crippen LogP contribution in [0.15, 0.2) is 12.1 Å². The van der Waals surface area contributed by atoms with E-state index in [-0.39, 0.29) is 11.9 Å². The van der Waals surface area contributed by atoms with Crippen molar-refractivity contribution in [2.45, 2.75) is 31.7 Å². The zero-order valence-electron chi connectivity index (χ0n) is 12.5. The lowest BCUT2D eigenvalue weighted by Crippen LogP contribution is -2.43. The van der Waals surface area contributed by atoms with Crippen LogP contribution >= 0.6 is 0 Å². The molecule has 0 atom stereocenters. The maximum Gasteiger partial charge on any atom is 0.308 e. The molecule has 2 amide bonds. The normalized spacial score (nSPS) is 23.9. The molecule has 122 valence electrons. The van der Waals surface area contributed by atoms with Gasteiger partial charge in [-0.15, -0.1) is 0 Å². The smallest absolute Gasteiger partial charge is 0.308 e. The number of ether oxygens (including phenoxy) is 1. The van der Waals surface area contributed by atoms with Gasteiger partial charge in [-0.3, -0.25) is 19.3 Å². The largest absolute Gasteiger partial charge is 0.469 e. The Morgan fingerprint density at radius 1 is 1.04 bits per heavy atom. The fourth-order valence-electron chi connectivity index (χ4n) is 3.37. The Bertz CT molecular complexity index is 655. The van der Waals surface area contributed by atoms with Crippen LogP contribution in [0.4, 0.5) is 8.78 Å². The van der Waals surface area contributed by atoms with E-state index in [1.807, 2.05) is 0 Å². The number of nitrogens with zero attached hydrogens (tertiary/aromatic N) is 1. The van der Waals surface area contributed by atoms with Gasteiger partial charge < -0.3 is 4.74 Å². The highest BCUT2D eigenvalue weighted by Gasteiger charge is 2.45. The molecule has 1 heterocycles. The Morgan fingerprint density at radius 2 is 1.52 bits per heavy atom. The van der Waals surface area contributed by atoms with E-state index in [0.29, 0.717) is 25.7 Å². The number of fused-ring (bicyclic) bond motifs is 1. The third-order valence-electron chi connectivity index (χ3n) is 4.57. The summed E-state index contributed by atoms with van der Waals surface area (Å²) in [6, 6.07) is 1.23. The fraction of sp³-hybridized carbons (Fsp3) is 0.438. The zero-order valence-corrected chi connectivity index (χ0v) is 12.5. The minimum Gasteiger partial charge on any atom is -0.469 e. The highest BCUT2D eigenvalue weighted by molar-refractivity contribution is 6.21. The molecule has 1 aromatic carbocycles. The van der Waals surface area contributed by atoms with E-state index in [1.165, 1.54) is 7.11 Å². The van der Waals surface area contributed by atoms with Gasteiger partial charge in [0, 0.05) is 6.04 Å². The van der Waals surface area contributed by atoms with Gasteiger partial charge in [0.1, 0.15) is 11.6 Å². The molecule has 3 rings (SSSR count). The van der Waals surface area contributed by atoms with Gasteiger partial charge in [-0.05, 0) is 37.8 Å². The zero-order chi connectivity index (χ0) is 16.7. The first-order valence-corrected chi connectivity index (χ1v) is 7.39. The number of amides is 2. The molecule has 0 aromatic heterocycles. The summed E-state index contributed by atoms with van der Waals surface area (Å²) in [4.78, 5) is 37.2. The first kappa shape index (κ1) is 15.6. The molecular weight excluding hydrogens is 308 g/mol. The van der Waals surface area contributed by atoms with Gasteiger partial charge in [-0.1, -0.05) is 0 Å². The van der Waals surface area contributed by atoms with Crippen molar-refractivity contribution >= 4 is 17.8 Å². The van der Waals surface area contributed by atoms with E-state index < -0.39 is 40.6 Å². The third-order valence-corrected chi connectivity index (χ3v) is 4.57. The monoisotopic (exact) mass is 323 g/mol. The quantitative estimate of drug-likeness (QED) is 0.619. The summed E-state index contributed by atoms with van der Waals surface area (Å²) in [5, 5.41) is 0. The van der Waals surface area contributed by atoms with E-state index in [2.05, 4.69) is 4.74 Å². The molecule has 1 saturated carbocycles. The lowest BCUT2D eigenvalue weighted by molar-refractivity contribution is -0.146.